The van der Waals surface area contributed by atoms with E-state index in [4.69, 9.17) is 0 Å². The predicted octanol–water partition coefficient (Wildman–Crippen LogP) is 5.45. The van der Waals surface area contributed by atoms with Crippen LogP contribution < -0.4 is 0 Å². The van der Waals surface area contributed by atoms with E-state index in [1.165, 1.54) is 12.8 Å². The highest BCUT2D eigenvalue weighted by Gasteiger charge is 2.30. The fourth-order valence-electron chi connectivity index (χ4n) is 2.42. The molecule has 0 spiro atoms. The lowest BCUT2D eigenvalue weighted by atomic mass is 9.89. The van der Waals surface area contributed by atoms with E-state index in [0.29, 0.717) is 17.6 Å². The van der Waals surface area contributed by atoms with Gasteiger partial charge in [-0.25, -0.2) is 0 Å². The van der Waals surface area contributed by atoms with Crippen LogP contribution in [0.1, 0.15) is 76.8 Å². The summed E-state index contributed by atoms with van der Waals surface area (Å²) in [5.41, 5.74) is 2.27. The number of hydrogen-bond donors (Lipinski definition) is 1. The molecule has 0 heterocycles. The Morgan fingerprint density at radius 3 is 2.22 bits per heavy atom. The molecule has 1 saturated carbocycles. The average Bonchev–Trinajstić information content (AvgIpc) is 3.24. The first kappa shape index (κ1) is 15.1. The van der Waals surface area contributed by atoms with Crippen LogP contribution in [0.2, 0.25) is 0 Å². The van der Waals surface area contributed by atoms with Crippen LogP contribution in [-0.2, 0) is 0 Å². The first-order valence-corrected chi connectivity index (χ1v) is 7.46. The molecule has 1 nitrogen and oxygen atoms in total. The summed E-state index contributed by atoms with van der Waals surface area (Å²) in [6, 6.07) is 6.24. The molecule has 0 radical (unpaired) electrons. The van der Waals surface area contributed by atoms with Gasteiger partial charge < -0.3 is 5.11 Å². The molecule has 1 aliphatic carbocycles. The highest BCUT2D eigenvalue weighted by molar-refractivity contribution is 5.44. The van der Waals surface area contributed by atoms with Gasteiger partial charge in [-0.1, -0.05) is 52.8 Å². The SMILES string of the molecule is CC.CC[C@@H](C)c1cccc([C@H](C)C2CC2)c1O. The molecule has 0 amide bonds. The molecule has 0 unspecified atom stereocenters. The van der Waals surface area contributed by atoms with Gasteiger partial charge in [0.25, 0.3) is 0 Å². The fourth-order valence-corrected chi connectivity index (χ4v) is 2.42. The molecule has 0 bridgehead atoms. The summed E-state index contributed by atoms with van der Waals surface area (Å²) in [6.45, 7) is 10.6. The highest BCUT2D eigenvalue weighted by Crippen LogP contribution is 2.46. The Kier molecular flexibility index (Phi) is 5.71. The average molecular weight is 248 g/mol. The lowest BCUT2D eigenvalue weighted by molar-refractivity contribution is 0.446. The van der Waals surface area contributed by atoms with Crippen LogP contribution in [0, 0.1) is 5.92 Å². The van der Waals surface area contributed by atoms with Crippen LogP contribution >= 0.6 is 0 Å². The maximum atomic E-state index is 10.3. The van der Waals surface area contributed by atoms with Crippen LogP contribution in [0.5, 0.6) is 5.75 Å². The monoisotopic (exact) mass is 248 g/mol. The van der Waals surface area contributed by atoms with Crippen molar-refractivity contribution < 1.29 is 5.11 Å². The van der Waals surface area contributed by atoms with Crippen molar-refractivity contribution in [2.24, 2.45) is 5.92 Å². The van der Waals surface area contributed by atoms with Crippen LogP contribution in [0.15, 0.2) is 18.2 Å². The summed E-state index contributed by atoms with van der Waals surface area (Å²) in [5.74, 6) is 2.32. The van der Waals surface area contributed by atoms with E-state index in [0.717, 1.165) is 23.5 Å². The van der Waals surface area contributed by atoms with Gasteiger partial charge in [0.2, 0.25) is 0 Å². The molecule has 18 heavy (non-hydrogen) atoms. The number of aromatic hydroxyl groups is 1. The molecule has 2 rings (SSSR count). The van der Waals surface area contributed by atoms with Gasteiger partial charge in [0.1, 0.15) is 5.75 Å². The van der Waals surface area contributed by atoms with Crippen molar-refractivity contribution in [3.05, 3.63) is 29.3 Å². The molecule has 0 aromatic heterocycles. The minimum absolute atomic E-state index is 0.450. The zero-order valence-electron chi connectivity index (χ0n) is 12.5. The van der Waals surface area contributed by atoms with Gasteiger partial charge in [0.15, 0.2) is 0 Å². The van der Waals surface area contributed by atoms with E-state index >= 15 is 0 Å². The zero-order chi connectivity index (χ0) is 13.7. The first-order chi connectivity index (χ1) is 8.65. The molecule has 1 N–H and O–H groups in total. The van der Waals surface area contributed by atoms with Crippen molar-refractivity contribution in [1.82, 2.24) is 0 Å². The second-order valence-electron chi connectivity index (χ2n) is 5.22. The van der Waals surface area contributed by atoms with Crippen LogP contribution in [0.25, 0.3) is 0 Å². The van der Waals surface area contributed by atoms with Crippen LogP contribution in [0.3, 0.4) is 0 Å². The van der Waals surface area contributed by atoms with Crippen molar-refractivity contribution in [3.63, 3.8) is 0 Å². The maximum Gasteiger partial charge on any atom is 0.122 e. The molecule has 1 heteroatoms. The molecule has 1 aromatic carbocycles. The quantitative estimate of drug-likeness (QED) is 0.751. The molecular weight excluding hydrogens is 220 g/mol. The largest absolute Gasteiger partial charge is 0.507 e. The first-order valence-electron chi connectivity index (χ1n) is 7.46. The molecule has 1 aliphatic rings. The molecular formula is C17H28O. The number of hydrogen-bond acceptors (Lipinski definition) is 1. The second kappa shape index (κ2) is 6.82. The van der Waals surface area contributed by atoms with Gasteiger partial charge in [-0.05, 0) is 48.1 Å². The molecule has 2 atom stereocenters. The van der Waals surface area contributed by atoms with E-state index in [1.54, 1.807) is 0 Å². The number of rotatable bonds is 4. The van der Waals surface area contributed by atoms with Gasteiger partial charge in [0.05, 0.1) is 0 Å². The summed E-state index contributed by atoms with van der Waals surface area (Å²) in [5, 5.41) is 10.3. The zero-order valence-corrected chi connectivity index (χ0v) is 12.5. The minimum atomic E-state index is 0.450. The maximum absolute atomic E-state index is 10.3. The predicted molar refractivity (Wildman–Crippen MR) is 79.3 cm³/mol. The van der Waals surface area contributed by atoms with E-state index in [9.17, 15) is 5.11 Å². The van der Waals surface area contributed by atoms with Gasteiger partial charge in [-0.3, -0.25) is 0 Å². The van der Waals surface area contributed by atoms with Crippen molar-refractivity contribution >= 4 is 0 Å². The molecule has 0 aliphatic heterocycles. The van der Waals surface area contributed by atoms with Gasteiger partial charge in [-0.15, -0.1) is 0 Å². The van der Waals surface area contributed by atoms with Crippen molar-refractivity contribution in [1.29, 1.82) is 0 Å². The number of phenols is 1. The Balaban J connectivity index is 0.000000771. The summed E-state index contributed by atoms with van der Waals surface area (Å²) in [4.78, 5) is 0. The number of phenolic OH excluding ortho intramolecular Hbond substituents is 1. The Labute approximate surface area is 112 Å². The summed E-state index contributed by atoms with van der Waals surface area (Å²) in [6.07, 6.45) is 3.73. The van der Waals surface area contributed by atoms with Gasteiger partial charge in [0, 0.05) is 0 Å². The summed E-state index contributed by atoms with van der Waals surface area (Å²) in [7, 11) is 0. The van der Waals surface area contributed by atoms with E-state index in [-0.39, 0.29) is 0 Å². The Hall–Kier alpha value is -0.980. The van der Waals surface area contributed by atoms with E-state index < -0.39 is 0 Å². The third-order valence-electron chi connectivity index (χ3n) is 4.06. The van der Waals surface area contributed by atoms with Crippen LogP contribution in [-0.4, -0.2) is 5.11 Å². The number of benzene rings is 1. The third-order valence-corrected chi connectivity index (χ3v) is 4.06. The summed E-state index contributed by atoms with van der Waals surface area (Å²) >= 11 is 0. The molecule has 0 saturated heterocycles. The van der Waals surface area contributed by atoms with Crippen LogP contribution in [0.4, 0.5) is 0 Å². The normalized spacial score (nSPS) is 17.6. The molecule has 1 fully saturated rings. The molecule has 102 valence electrons. The standard InChI is InChI=1S/C15H22O.C2H6/c1-4-10(2)13-6-5-7-14(15(13)16)11(3)12-8-9-12;1-2/h5-7,10-12,16H,4,8-9H2,1-3H3;1-2H3/t10-,11-;/m1./s1. The lowest BCUT2D eigenvalue weighted by Crippen LogP contribution is -2.00. The second-order valence-corrected chi connectivity index (χ2v) is 5.22. The highest BCUT2D eigenvalue weighted by atomic mass is 16.3. The summed E-state index contributed by atoms with van der Waals surface area (Å²) < 4.78 is 0. The van der Waals surface area contributed by atoms with Crippen molar-refractivity contribution in [2.75, 3.05) is 0 Å². The lowest BCUT2D eigenvalue weighted by Gasteiger charge is -2.18. The van der Waals surface area contributed by atoms with Crippen molar-refractivity contribution in [3.8, 4) is 5.75 Å². The van der Waals surface area contributed by atoms with Crippen molar-refractivity contribution in [2.45, 2.75) is 65.7 Å². The Morgan fingerprint density at radius 2 is 1.72 bits per heavy atom. The van der Waals surface area contributed by atoms with E-state index in [1.807, 2.05) is 13.8 Å². The van der Waals surface area contributed by atoms with Gasteiger partial charge >= 0.3 is 0 Å². The van der Waals surface area contributed by atoms with Gasteiger partial charge in [-0.2, -0.15) is 0 Å². The smallest absolute Gasteiger partial charge is 0.122 e. The number of para-hydroxylation sites is 1. The molecule has 1 aromatic rings. The minimum Gasteiger partial charge on any atom is -0.507 e. The topological polar surface area (TPSA) is 20.2 Å². The fraction of sp³-hybridized carbons (Fsp3) is 0.647. The Morgan fingerprint density at radius 1 is 1.17 bits per heavy atom. The Bertz CT molecular complexity index is 366. The van der Waals surface area contributed by atoms with E-state index in [2.05, 4.69) is 39.0 Å². The third kappa shape index (κ3) is 3.28.